The third kappa shape index (κ3) is 5.00. The Hall–Kier alpha value is -2.06. The van der Waals surface area contributed by atoms with Crippen LogP contribution in [-0.4, -0.2) is 12.3 Å². The summed E-state index contributed by atoms with van der Waals surface area (Å²) in [6.07, 6.45) is 3.09. The van der Waals surface area contributed by atoms with Crippen LogP contribution in [0.1, 0.15) is 18.9 Å². The first-order chi connectivity index (χ1) is 8.24. The van der Waals surface area contributed by atoms with Crippen LogP contribution in [0.25, 0.3) is 10.4 Å². The molecule has 0 saturated carbocycles. The molecule has 1 rings (SSSR count). The van der Waals surface area contributed by atoms with Crippen LogP contribution in [0.3, 0.4) is 0 Å². The molecule has 17 heavy (non-hydrogen) atoms. The number of ketones is 1. The minimum Gasteiger partial charge on any atom is -0.295 e. The van der Waals surface area contributed by atoms with Gasteiger partial charge in [-0.15, -0.1) is 0 Å². The highest BCUT2D eigenvalue weighted by molar-refractivity contribution is 5.93. The predicted molar refractivity (Wildman–Crippen MR) is 67.5 cm³/mol. The number of benzene rings is 1. The summed E-state index contributed by atoms with van der Waals surface area (Å²) < 4.78 is 0. The SMILES string of the molecule is CC(=O)/C(=C/CCN=[N+]=[N-])Cc1ccccc1. The monoisotopic (exact) mass is 229 g/mol. The highest BCUT2D eigenvalue weighted by atomic mass is 16.1. The summed E-state index contributed by atoms with van der Waals surface area (Å²) in [5, 5.41) is 3.43. The standard InChI is InChI=1S/C13H15N3O/c1-11(17)13(8-5-9-15-16-14)10-12-6-3-2-4-7-12/h2-4,6-8H,5,9-10H2,1H3/b13-8+. The first kappa shape index (κ1) is 13.0. The number of Topliss-reactive ketones (excluding diaryl/α,β-unsaturated/α-hetero) is 1. The van der Waals surface area contributed by atoms with Crippen LogP contribution in [0.5, 0.6) is 0 Å². The van der Waals surface area contributed by atoms with Gasteiger partial charge in [0.1, 0.15) is 0 Å². The van der Waals surface area contributed by atoms with Gasteiger partial charge in [0, 0.05) is 17.9 Å². The topological polar surface area (TPSA) is 65.8 Å². The van der Waals surface area contributed by atoms with Crippen LogP contribution < -0.4 is 0 Å². The molecule has 0 spiro atoms. The Morgan fingerprint density at radius 1 is 1.41 bits per heavy atom. The molecule has 4 nitrogen and oxygen atoms in total. The number of carbonyl (C=O) groups is 1. The van der Waals surface area contributed by atoms with Crippen LogP contribution >= 0.6 is 0 Å². The Morgan fingerprint density at radius 2 is 2.12 bits per heavy atom. The van der Waals surface area contributed by atoms with E-state index in [4.69, 9.17) is 5.53 Å². The molecule has 0 aliphatic heterocycles. The second kappa shape index (κ2) is 7.25. The fourth-order valence-corrected chi connectivity index (χ4v) is 1.50. The molecule has 0 aromatic heterocycles. The van der Waals surface area contributed by atoms with Gasteiger partial charge in [0.2, 0.25) is 0 Å². The van der Waals surface area contributed by atoms with Crippen molar-refractivity contribution in [2.45, 2.75) is 19.8 Å². The normalized spacial score (nSPS) is 10.8. The predicted octanol–water partition coefficient (Wildman–Crippen LogP) is 3.44. The molecule has 1 aromatic rings. The number of allylic oxidation sites excluding steroid dienone is 1. The molecule has 0 radical (unpaired) electrons. The first-order valence-corrected chi connectivity index (χ1v) is 5.49. The number of hydrogen-bond donors (Lipinski definition) is 0. The van der Waals surface area contributed by atoms with Gasteiger partial charge >= 0.3 is 0 Å². The summed E-state index contributed by atoms with van der Waals surface area (Å²) in [5.41, 5.74) is 10.0. The van der Waals surface area contributed by atoms with Gasteiger partial charge in [0.25, 0.3) is 0 Å². The third-order valence-electron chi connectivity index (χ3n) is 2.37. The van der Waals surface area contributed by atoms with Crippen molar-refractivity contribution in [2.24, 2.45) is 5.11 Å². The van der Waals surface area contributed by atoms with Crippen molar-refractivity contribution >= 4 is 5.78 Å². The van der Waals surface area contributed by atoms with Crippen molar-refractivity contribution in [3.8, 4) is 0 Å². The summed E-state index contributed by atoms with van der Waals surface area (Å²) in [5.74, 6) is 0.0646. The van der Waals surface area contributed by atoms with E-state index in [-0.39, 0.29) is 5.78 Å². The lowest BCUT2D eigenvalue weighted by Gasteiger charge is -2.03. The number of rotatable bonds is 6. The van der Waals surface area contributed by atoms with Gasteiger partial charge in [-0.3, -0.25) is 4.79 Å². The number of nitrogens with zero attached hydrogens (tertiary/aromatic N) is 3. The highest BCUT2D eigenvalue weighted by Gasteiger charge is 2.04. The van der Waals surface area contributed by atoms with Crippen LogP contribution in [0, 0.1) is 0 Å². The van der Waals surface area contributed by atoms with Crippen molar-refractivity contribution in [1.82, 2.24) is 0 Å². The van der Waals surface area contributed by atoms with Crippen LogP contribution in [-0.2, 0) is 11.2 Å². The van der Waals surface area contributed by atoms with Gasteiger partial charge < -0.3 is 0 Å². The third-order valence-corrected chi connectivity index (χ3v) is 2.37. The zero-order valence-corrected chi connectivity index (χ0v) is 9.84. The van der Waals surface area contributed by atoms with Crippen LogP contribution in [0.2, 0.25) is 0 Å². The molecular formula is C13H15N3O. The number of carbonyl (C=O) groups excluding carboxylic acids is 1. The first-order valence-electron chi connectivity index (χ1n) is 5.49. The van der Waals surface area contributed by atoms with Gasteiger partial charge in [-0.05, 0) is 30.0 Å². The molecule has 0 fully saturated rings. The zero-order chi connectivity index (χ0) is 12.5. The van der Waals surface area contributed by atoms with E-state index in [1.54, 1.807) is 6.92 Å². The molecular weight excluding hydrogens is 214 g/mol. The summed E-state index contributed by atoms with van der Waals surface area (Å²) >= 11 is 0. The van der Waals surface area contributed by atoms with E-state index < -0.39 is 0 Å². The second-order valence-electron chi connectivity index (χ2n) is 3.69. The van der Waals surface area contributed by atoms with E-state index >= 15 is 0 Å². The summed E-state index contributed by atoms with van der Waals surface area (Å²) in [7, 11) is 0. The zero-order valence-electron chi connectivity index (χ0n) is 9.84. The second-order valence-corrected chi connectivity index (χ2v) is 3.69. The molecule has 88 valence electrons. The molecule has 4 heteroatoms. The van der Waals surface area contributed by atoms with Crippen molar-refractivity contribution in [3.63, 3.8) is 0 Å². The maximum Gasteiger partial charge on any atom is 0.155 e. The largest absolute Gasteiger partial charge is 0.295 e. The lowest BCUT2D eigenvalue weighted by molar-refractivity contribution is -0.113. The lowest BCUT2D eigenvalue weighted by Crippen LogP contribution is -2.01. The highest BCUT2D eigenvalue weighted by Crippen LogP contribution is 2.09. The Kier molecular flexibility index (Phi) is 5.55. The minimum absolute atomic E-state index is 0.0646. The van der Waals surface area contributed by atoms with Crippen LogP contribution in [0.15, 0.2) is 47.1 Å². The van der Waals surface area contributed by atoms with Crippen molar-refractivity contribution in [1.29, 1.82) is 0 Å². The molecule has 0 amide bonds. The van der Waals surface area contributed by atoms with E-state index in [9.17, 15) is 4.79 Å². The Morgan fingerprint density at radius 3 is 2.71 bits per heavy atom. The molecule has 0 aliphatic rings. The van der Waals surface area contributed by atoms with Gasteiger partial charge in [-0.2, -0.15) is 0 Å². The van der Waals surface area contributed by atoms with E-state index in [2.05, 4.69) is 10.0 Å². The van der Waals surface area contributed by atoms with E-state index in [0.717, 1.165) is 11.1 Å². The van der Waals surface area contributed by atoms with Crippen LogP contribution in [0.4, 0.5) is 0 Å². The smallest absolute Gasteiger partial charge is 0.155 e. The minimum atomic E-state index is 0.0646. The fourth-order valence-electron chi connectivity index (χ4n) is 1.50. The average Bonchev–Trinajstić information content (AvgIpc) is 2.34. The van der Waals surface area contributed by atoms with Gasteiger partial charge in [-0.1, -0.05) is 41.5 Å². The molecule has 0 N–H and O–H groups in total. The van der Waals surface area contributed by atoms with Gasteiger partial charge in [0.15, 0.2) is 5.78 Å². The van der Waals surface area contributed by atoms with E-state index in [1.807, 2.05) is 36.4 Å². The van der Waals surface area contributed by atoms with Crippen molar-refractivity contribution in [2.75, 3.05) is 6.54 Å². The average molecular weight is 229 g/mol. The fraction of sp³-hybridized carbons (Fsp3) is 0.308. The lowest BCUT2D eigenvalue weighted by atomic mass is 10.0. The van der Waals surface area contributed by atoms with E-state index in [1.165, 1.54) is 0 Å². The van der Waals surface area contributed by atoms with E-state index in [0.29, 0.717) is 19.4 Å². The number of hydrogen-bond acceptors (Lipinski definition) is 2. The van der Waals surface area contributed by atoms with Crippen molar-refractivity contribution < 1.29 is 4.79 Å². The Labute approximate surface area is 101 Å². The Balaban J connectivity index is 2.66. The molecule has 0 bridgehead atoms. The molecule has 0 atom stereocenters. The molecule has 0 aliphatic carbocycles. The Bertz CT molecular complexity index is 445. The summed E-state index contributed by atoms with van der Waals surface area (Å²) in [6.45, 7) is 1.95. The quantitative estimate of drug-likeness (QED) is 0.242. The number of azide groups is 1. The van der Waals surface area contributed by atoms with Gasteiger partial charge in [0.05, 0.1) is 0 Å². The molecule has 0 heterocycles. The maximum absolute atomic E-state index is 11.4. The molecule has 0 saturated heterocycles. The molecule has 1 aromatic carbocycles. The molecule has 0 unspecified atom stereocenters. The summed E-state index contributed by atoms with van der Waals surface area (Å²) in [6, 6.07) is 9.83. The maximum atomic E-state index is 11.4. The summed E-state index contributed by atoms with van der Waals surface area (Å²) in [4.78, 5) is 14.1. The van der Waals surface area contributed by atoms with Gasteiger partial charge in [-0.25, -0.2) is 0 Å². The van der Waals surface area contributed by atoms with Crippen molar-refractivity contribution in [3.05, 3.63) is 58.0 Å².